The Labute approximate surface area is 157 Å². The molecule has 8 heteroatoms. The van der Waals surface area contributed by atoms with Gasteiger partial charge in [-0.15, -0.1) is 0 Å². The number of unbranched alkanes of at least 4 members (excludes halogenated alkanes) is 1. The molecule has 2 amide bonds. The Morgan fingerprint density at radius 3 is 2.78 bits per heavy atom. The number of nitrogens with one attached hydrogen (secondary N) is 1. The highest BCUT2D eigenvalue weighted by atomic mass is 16.2. The minimum absolute atomic E-state index is 0.158. The van der Waals surface area contributed by atoms with E-state index in [4.69, 9.17) is 0 Å². The summed E-state index contributed by atoms with van der Waals surface area (Å²) in [6.45, 7) is 6.20. The van der Waals surface area contributed by atoms with Crippen molar-refractivity contribution in [3.8, 4) is 0 Å². The van der Waals surface area contributed by atoms with Gasteiger partial charge in [-0.25, -0.2) is 4.68 Å². The van der Waals surface area contributed by atoms with Crippen LogP contribution in [0.1, 0.15) is 44.1 Å². The van der Waals surface area contributed by atoms with Gasteiger partial charge in [0.05, 0.1) is 23.0 Å². The summed E-state index contributed by atoms with van der Waals surface area (Å²) in [6.07, 6.45) is 4.82. The first-order valence-electron chi connectivity index (χ1n) is 8.99. The molecular weight excluding hydrogens is 346 g/mol. The molecule has 0 fully saturated rings. The fourth-order valence-corrected chi connectivity index (χ4v) is 2.90. The fourth-order valence-electron chi connectivity index (χ4n) is 2.90. The summed E-state index contributed by atoms with van der Waals surface area (Å²) in [7, 11) is 0. The minimum atomic E-state index is -0.800. The summed E-state index contributed by atoms with van der Waals surface area (Å²) < 4.78 is 1.31. The quantitative estimate of drug-likeness (QED) is 0.890. The van der Waals surface area contributed by atoms with Crippen LogP contribution < -0.4 is 15.8 Å². The summed E-state index contributed by atoms with van der Waals surface area (Å²) in [5.74, 6) is -0.551. The smallest absolute Gasteiger partial charge is 0.278 e. The summed E-state index contributed by atoms with van der Waals surface area (Å²) >= 11 is 0. The van der Waals surface area contributed by atoms with Gasteiger partial charge >= 0.3 is 0 Å². The number of fused-ring (bicyclic) bond motifs is 1. The monoisotopic (exact) mass is 369 g/mol. The maximum atomic E-state index is 13.2. The van der Waals surface area contributed by atoms with Crippen LogP contribution in [0, 0.1) is 5.41 Å². The SMILES string of the molecule is CCCCn1nc(C(=O)N2CC(C)(C)C(=O)Nc3ccncc32)ccc1=O. The summed E-state index contributed by atoms with van der Waals surface area (Å²) in [5, 5.41) is 7.09. The topological polar surface area (TPSA) is 97.2 Å². The molecule has 1 aliphatic heterocycles. The number of hydrogen-bond donors (Lipinski definition) is 1. The molecule has 0 saturated heterocycles. The van der Waals surface area contributed by atoms with Gasteiger partial charge in [0.1, 0.15) is 5.69 Å². The number of carbonyl (C=O) groups excluding carboxylic acids is 2. The number of aryl methyl sites for hydroxylation is 1. The molecule has 0 spiro atoms. The van der Waals surface area contributed by atoms with Gasteiger partial charge in [-0.2, -0.15) is 5.10 Å². The van der Waals surface area contributed by atoms with Crippen molar-refractivity contribution in [1.29, 1.82) is 0 Å². The lowest BCUT2D eigenvalue weighted by atomic mass is 9.92. The van der Waals surface area contributed by atoms with Crippen LogP contribution in [0.15, 0.2) is 35.4 Å². The summed E-state index contributed by atoms with van der Waals surface area (Å²) in [5.41, 5.74) is 0.147. The number of hydrogen-bond acceptors (Lipinski definition) is 5. The lowest BCUT2D eigenvalue weighted by Gasteiger charge is -2.27. The van der Waals surface area contributed by atoms with Crippen molar-refractivity contribution in [2.45, 2.75) is 40.2 Å². The Hall–Kier alpha value is -3.03. The Balaban J connectivity index is 2.02. The van der Waals surface area contributed by atoms with Gasteiger partial charge in [0, 0.05) is 25.4 Å². The largest absolute Gasteiger partial charge is 0.324 e. The number of aromatic nitrogens is 3. The molecule has 0 bridgehead atoms. The molecule has 3 heterocycles. The van der Waals surface area contributed by atoms with E-state index in [1.807, 2.05) is 6.92 Å². The number of anilines is 2. The molecule has 0 saturated carbocycles. The molecule has 0 unspecified atom stereocenters. The van der Waals surface area contributed by atoms with Gasteiger partial charge in [0.2, 0.25) is 5.91 Å². The van der Waals surface area contributed by atoms with E-state index < -0.39 is 5.41 Å². The number of pyridine rings is 1. The van der Waals surface area contributed by atoms with E-state index in [-0.39, 0.29) is 29.6 Å². The van der Waals surface area contributed by atoms with Crippen molar-refractivity contribution in [3.05, 3.63) is 46.6 Å². The Morgan fingerprint density at radius 2 is 2.04 bits per heavy atom. The number of rotatable bonds is 4. The highest BCUT2D eigenvalue weighted by molar-refractivity contribution is 6.10. The van der Waals surface area contributed by atoms with Crippen LogP contribution in [-0.4, -0.2) is 33.1 Å². The normalized spacial score (nSPS) is 15.7. The first-order chi connectivity index (χ1) is 12.8. The Morgan fingerprint density at radius 1 is 1.26 bits per heavy atom. The average Bonchev–Trinajstić information content (AvgIpc) is 2.75. The fraction of sp³-hybridized carbons (Fsp3) is 0.421. The van der Waals surface area contributed by atoms with Crippen molar-refractivity contribution >= 4 is 23.2 Å². The van der Waals surface area contributed by atoms with Gasteiger partial charge in [-0.3, -0.25) is 19.4 Å². The lowest BCUT2D eigenvalue weighted by Crippen LogP contribution is -2.43. The maximum Gasteiger partial charge on any atom is 0.278 e. The number of carbonyl (C=O) groups is 2. The second-order valence-corrected chi connectivity index (χ2v) is 7.26. The van der Waals surface area contributed by atoms with E-state index in [0.29, 0.717) is 17.9 Å². The predicted octanol–water partition coefficient (Wildman–Crippen LogP) is 2.06. The molecule has 1 N–H and O–H groups in total. The zero-order chi connectivity index (χ0) is 19.6. The Bertz CT molecular complexity index is 935. The predicted molar refractivity (Wildman–Crippen MR) is 102 cm³/mol. The van der Waals surface area contributed by atoms with Crippen molar-refractivity contribution < 1.29 is 9.59 Å². The Kier molecular flexibility index (Phi) is 5.07. The molecule has 2 aromatic heterocycles. The van der Waals surface area contributed by atoms with E-state index in [2.05, 4.69) is 15.4 Å². The standard InChI is InChI=1S/C19H23N5O3/c1-4-5-10-24-16(25)7-6-14(22-24)17(26)23-12-19(2,3)18(27)21-13-8-9-20-11-15(13)23/h6-9,11H,4-5,10,12H2,1-3H3,(H,21,27). The molecule has 1 aliphatic rings. The third-order valence-corrected chi connectivity index (χ3v) is 4.56. The molecule has 8 nitrogen and oxygen atoms in total. The molecular formula is C19H23N5O3. The van der Waals surface area contributed by atoms with Crippen LogP contribution in [-0.2, 0) is 11.3 Å². The van der Waals surface area contributed by atoms with E-state index >= 15 is 0 Å². The zero-order valence-corrected chi connectivity index (χ0v) is 15.7. The molecule has 2 aromatic rings. The van der Waals surface area contributed by atoms with Crippen molar-refractivity contribution in [3.63, 3.8) is 0 Å². The molecule has 142 valence electrons. The van der Waals surface area contributed by atoms with Crippen molar-refractivity contribution in [2.75, 3.05) is 16.8 Å². The van der Waals surface area contributed by atoms with Crippen LogP contribution in [0.25, 0.3) is 0 Å². The third-order valence-electron chi connectivity index (χ3n) is 4.56. The average molecular weight is 369 g/mol. The maximum absolute atomic E-state index is 13.2. The molecule has 0 aliphatic carbocycles. The highest BCUT2D eigenvalue weighted by Crippen LogP contribution is 2.34. The number of amides is 2. The van der Waals surface area contributed by atoms with Gasteiger partial charge in [0.25, 0.3) is 11.5 Å². The second kappa shape index (κ2) is 7.30. The van der Waals surface area contributed by atoms with Crippen molar-refractivity contribution in [1.82, 2.24) is 14.8 Å². The third kappa shape index (κ3) is 3.74. The molecule has 0 aromatic carbocycles. The van der Waals surface area contributed by atoms with Gasteiger partial charge in [0.15, 0.2) is 0 Å². The van der Waals surface area contributed by atoms with Gasteiger partial charge < -0.3 is 10.2 Å². The van der Waals surface area contributed by atoms with Crippen LogP contribution in [0.4, 0.5) is 11.4 Å². The molecule has 3 rings (SSSR count). The van der Waals surface area contributed by atoms with E-state index in [9.17, 15) is 14.4 Å². The minimum Gasteiger partial charge on any atom is -0.324 e. The van der Waals surface area contributed by atoms with Gasteiger partial charge in [-0.05, 0) is 32.4 Å². The van der Waals surface area contributed by atoms with Crippen LogP contribution in [0.5, 0.6) is 0 Å². The van der Waals surface area contributed by atoms with Crippen LogP contribution >= 0.6 is 0 Å². The van der Waals surface area contributed by atoms with Crippen LogP contribution in [0.3, 0.4) is 0 Å². The number of nitrogens with zero attached hydrogens (tertiary/aromatic N) is 4. The summed E-state index contributed by atoms with van der Waals surface area (Å²) in [6, 6.07) is 4.44. The lowest BCUT2D eigenvalue weighted by molar-refractivity contribution is -0.123. The summed E-state index contributed by atoms with van der Waals surface area (Å²) in [4.78, 5) is 43.3. The first-order valence-corrected chi connectivity index (χ1v) is 8.99. The van der Waals surface area contributed by atoms with E-state index in [1.165, 1.54) is 21.7 Å². The zero-order valence-electron chi connectivity index (χ0n) is 15.7. The van der Waals surface area contributed by atoms with Crippen LogP contribution in [0.2, 0.25) is 0 Å². The molecule has 0 radical (unpaired) electrons. The highest BCUT2D eigenvalue weighted by Gasteiger charge is 2.37. The first kappa shape index (κ1) is 18.8. The molecule has 27 heavy (non-hydrogen) atoms. The van der Waals surface area contributed by atoms with Gasteiger partial charge in [-0.1, -0.05) is 13.3 Å². The van der Waals surface area contributed by atoms with E-state index in [0.717, 1.165) is 12.8 Å². The van der Waals surface area contributed by atoms with Crippen molar-refractivity contribution in [2.24, 2.45) is 5.41 Å². The molecule has 0 atom stereocenters. The van der Waals surface area contributed by atoms with E-state index in [1.54, 1.807) is 32.3 Å². The second-order valence-electron chi connectivity index (χ2n) is 7.26.